The lowest BCUT2D eigenvalue weighted by Gasteiger charge is -2.13. The summed E-state index contributed by atoms with van der Waals surface area (Å²) in [6, 6.07) is 18.9. The van der Waals surface area contributed by atoms with Gasteiger partial charge in [-0.05, 0) is 29.8 Å². The van der Waals surface area contributed by atoms with Crippen molar-refractivity contribution in [3.8, 4) is 5.88 Å². The van der Waals surface area contributed by atoms with Crippen molar-refractivity contribution >= 4 is 17.3 Å². The first-order valence-corrected chi connectivity index (χ1v) is 8.19. The number of nitrogens with zero attached hydrogens (tertiary/aromatic N) is 3. The van der Waals surface area contributed by atoms with Crippen molar-refractivity contribution in [3.63, 3.8) is 0 Å². The quantitative estimate of drug-likeness (QED) is 0.740. The maximum absolute atomic E-state index is 12.4. The first-order valence-electron chi connectivity index (χ1n) is 8.19. The van der Waals surface area contributed by atoms with Gasteiger partial charge in [-0.3, -0.25) is 4.79 Å². The molecule has 26 heavy (non-hydrogen) atoms. The van der Waals surface area contributed by atoms with Gasteiger partial charge in [0, 0.05) is 31.5 Å². The van der Waals surface area contributed by atoms with Crippen molar-refractivity contribution in [3.05, 3.63) is 78.2 Å². The van der Waals surface area contributed by atoms with Gasteiger partial charge >= 0.3 is 0 Å². The predicted molar refractivity (Wildman–Crippen MR) is 102 cm³/mol. The van der Waals surface area contributed by atoms with Crippen LogP contribution in [0.1, 0.15) is 16.1 Å². The Morgan fingerprint density at radius 3 is 2.46 bits per heavy atom. The predicted octanol–water partition coefficient (Wildman–Crippen LogP) is 3.37. The number of anilines is 2. The van der Waals surface area contributed by atoms with E-state index in [1.54, 1.807) is 0 Å². The molecule has 0 unspecified atom stereocenters. The normalized spacial score (nSPS) is 10.2. The van der Waals surface area contributed by atoms with Gasteiger partial charge in [0.25, 0.3) is 5.91 Å². The summed E-state index contributed by atoms with van der Waals surface area (Å²) in [5.74, 6) is 0.0477. The molecule has 2 aromatic carbocycles. The van der Waals surface area contributed by atoms with E-state index in [1.807, 2.05) is 73.6 Å². The van der Waals surface area contributed by atoms with Crippen LogP contribution in [0, 0.1) is 0 Å². The summed E-state index contributed by atoms with van der Waals surface area (Å²) in [5.41, 5.74) is 3.03. The highest BCUT2D eigenvalue weighted by Crippen LogP contribution is 2.17. The van der Waals surface area contributed by atoms with E-state index in [2.05, 4.69) is 15.3 Å². The van der Waals surface area contributed by atoms with Crippen LogP contribution in [0.15, 0.2) is 67.0 Å². The van der Waals surface area contributed by atoms with E-state index in [0.717, 1.165) is 11.3 Å². The van der Waals surface area contributed by atoms with Gasteiger partial charge < -0.3 is 15.0 Å². The summed E-state index contributed by atoms with van der Waals surface area (Å²) in [4.78, 5) is 22.5. The van der Waals surface area contributed by atoms with Crippen LogP contribution in [0.25, 0.3) is 0 Å². The molecule has 1 heterocycles. The lowest BCUT2D eigenvalue weighted by molar-refractivity contribution is 0.102. The number of nitrogens with one attached hydrogen (secondary N) is 1. The van der Waals surface area contributed by atoms with E-state index in [1.165, 1.54) is 12.4 Å². The van der Waals surface area contributed by atoms with Crippen LogP contribution in [0.4, 0.5) is 11.4 Å². The number of hydrogen-bond donors (Lipinski definition) is 1. The first-order chi connectivity index (χ1) is 12.6. The lowest BCUT2D eigenvalue weighted by Crippen LogP contribution is -2.14. The molecule has 6 nitrogen and oxygen atoms in total. The number of rotatable bonds is 6. The average Bonchev–Trinajstić information content (AvgIpc) is 2.68. The Kier molecular flexibility index (Phi) is 5.43. The molecule has 0 fully saturated rings. The molecule has 0 aliphatic carbocycles. The smallest absolute Gasteiger partial charge is 0.274 e. The van der Waals surface area contributed by atoms with Gasteiger partial charge in [0.2, 0.25) is 5.88 Å². The van der Waals surface area contributed by atoms with E-state index >= 15 is 0 Å². The Balaban J connectivity index is 1.64. The van der Waals surface area contributed by atoms with Crippen molar-refractivity contribution < 1.29 is 9.53 Å². The van der Waals surface area contributed by atoms with E-state index in [9.17, 15) is 4.79 Å². The second kappa shape index (κ2) is 8.11. The zero-order valence-electron chi connectivity index (χ0n) is 14.7. The topological polar surface area (TPSA) is 67.4 Å². The molecule has 0 atom stereocenters. The molecule has 1 N–H and O–H groups in total. The molecule has 3 aromatic rings. The van der Waals surface area contributed by atoms with Gasteiger partial charge in [-0.15, -0.1) is 0 Å². The second-order valence-corrected chi connectivity index (χ2v) is 5.91. The maximum atomic E-state index is 12.4. The Morgan fingerprint density at radius 1 is 1.04 bits per heavy atom. The molecule has 0 bridgehead atoms. The van der Waals surface area contributed by atoms with Crippen molar-refractivity contribution in [2.45, 2.75) is 6.61 Å². The van der Waals surface area contributed by atoms with E-state index in [4.69, 9.17) is 4.74 Å². The molecule has 3 rings (SSSR count). The molecule has 0 aliphatic rings. The standard InChI is InChI=1S/C20H20N4O2/c1-24(2)17-10-8-16(9-11-17)23-20(25)18-12-19(22-14-21-18)26-13-15-6-4-3-5-7-15/h3-12,14H,13H2,1-2H3,(H,23,25). The third kappa shape index (κ3) is 4.57. The summed E-state index contributed by atoms with van der Waals surface area (Å²) in [6.07, 6.45) is 1.32. The third-order valence-corrected chi connectivity index (χ3v) is 3.75. The van der Waals surface area contributed by atoms with Crippen LogP contribution in [0.3, 0.4) is 0 Å². The zero-order valence-corrected chi connectivity index (χ0v) is 14.7. The fourth-order valence-corrected chi connectivity index (χ4v) is 2.31. The summed E-state index contributed by atoms with van der Waals surface area (Å²) < 4.78 is 5.64. The highest BCUT2D eigenvalue weighted by Gasteiger charge is 2.10. The lowest BCUT2D eigenvalue weighted by atomic mass is 10.2. The van der Waals surface area contributed by atoms with Gasteiger partial charge in [-0.1, -0.05) is 30.3 Å². The summed E-state index contributed by atoms with van der Waals surface area (Å²) >= 11 is 0. The van der Waals surface area contributed by atoms with Crippen molar-refractivity contribution in [2.24, 2.45) is 0 Å². The molecular formula is C20H20N4O2. The fraction of sp³-hybridized carbons (Fsp3) is 0.150. The van der Waals surface area contributed by atoms with Crippen LogP contribution in [-0.2, 0) is 6.61 Å². The zero-order chi connectivity index (χ0) is 18.4. The van der Waals surface area contributed by atoms with E-state index in [0.29, 0.717) is 18.2 Å². The minimum Gasteiger partial charge on any atom is -0.473 e. The van der Waals surface area contributed by atoms with E-state index in [-0.39, 0.29) is 11.6 Å². The highest BCUT2D eigenvalue weighted by atomic mass is 16.5. The third-order valence-electron chi connectivity index (χ3n) is 3.75. The average molecular weight is 348 g/mol. The Bertz CT molecular complexity index is 864. The Hall–Kier alpha value is -3.41. The van der Waals surface area contributed by atoms with Crippen LogP contribution < -0.4 is 15.0 Å². The maximum Gasteiger partial charge on any atom is 0.274 e. The van der Waals surface area contributed by atoms with Crippen LogP contribution in [-0.4, -0.2) is 30.0 Å². The SMILES string of the molecule is CN(C)c1ccc(NC(=O)c2cc(OCc3ccccc3)ncn2)cc1. The molecule has 0 spiro atoms. The van der Waals surface area contributed by atoms with Gasteiger partial charge in [-0.2, -0.15) is 0 Å². The fourth-order valence-electron chi connectivity index (χ4n) is 2.31. The number of aromatic nitrogens is 2. The van der Waals surface area contributed by atoms with Crippen LogP contribution >= 0.6 is 0 Å². The van der Waals surface area contributed by atoms with Crippen molar-refractivity contribution in [2.75, 3.05) is 24.3 Å². The van der Waals surface area contributed by atoms with E-state index < -0.39 is 0 Å². The molecule has 1 aromatic heterocycles. The number of amides is 1. The summed E-state index contributed by atoms with van der Waals surface area (Å²) in [7, 11) is 3.93. The number of carbonyl (C=O) groups is 1. The first kappa shape index (κ1) is 17.4. The summed E-state index contributed by atoms with van der Waals surface area (Å²) in [5, 5.41) is 2.82. The largest absolute Gasteiger partial charge is 0.473 e. The minimum absolute atomic E-state index is 0.250. The highest BCUT2D eigenvalue weighted by molar-refractivity contribution is 6.03. The molecule has 0 saturated heterocycles. The van der Waals surface area contributed by atoms with Gasteiger partial charge in [-0.25, -0.2) is 9.97 Å². The number of hydrogen-bond acceptors (Lipinski definition) is 5. The number of carbonyl (C=O) groups excluding carboxylic acids is 1. The second-order valence-electron chi connectivity index (χ2n) is 5.91. The van der Waals surface area contributed by atoms with Crippen LogP contribution in [0.2, 0.25) is 0 Å². The molecule has 132 valence electrons. The Labute approximate surface area is 152 Å². The number of benzene rings is 2. The molecule has 6 heteroatoms. The monoisotopic (exact) mass is 348 g/mol. The Morgan fingerprint density at radius 2 is 1.77 bits per heavy atom. The number of ether oxygens (including phenoxy) is 1. The molecule has 0 saturated carbocycles. The van der Waals surface area contributed by atoms with Crippen molar-refractivity contribution in [1.29, 1.82) is 0 Å². The van der Waals surface area contributed by atoms with Crippen LogP contribution in [0.5, 0.6) is 5.88 Å². The molecule has 1 amide bonds. The molecule has 0 aliphatic heterocycles. The van der Waals surface area contributed by atoms with Gasteiger partial charge in [0.15, 0.2) is 0 Å². The van der Waals surface area contributed by atoms with Crippen molar-refractivity contribution in [1.82, 2.24) is 9.97 Å². The molecule has 0 radical (unpaired) electrons. The summed E-state index contributed by atoms with van der Waals surface area (Å²) in [6.45, 7) is 0.380. The molecular weight excluding hydrogens is 328 g/mol. The van der Waals surface area contributed by atoms with Gasteiger partial charge in [0.1, 0.15) is 18.6 Å². The minimum atomic E-state index is -0.311. The van der Waals surface area contributed by atoms with Gasteiger partial charge in [0.05, 0.1) is 0 Å².